The number of carboxylic acids is 1. The maximum atomic E-state index is 11.9. The molecule has 0 unspecified atom stereocenters. The van der Waals surface area contributed by atoms with Gasteiger partial charge in [-0.3, -0.25) is 4.79 Å². The summed E-state index contributed by atoms with van der Waals surface area (Å²) in [5.74, 6) is -1.09. The fourth-order valence-electron chi connectivity index (χ4n) is 1.50. The molecule has 1 aromatic carbocycles. The first-order valence-electron chi connectivity index (χ1n) is 5.63. The standard InChI is InChI=1S/C13H17NO4/c1-8(2)11(13(16)17)14-12(15)9-5-4-6-10(7-9)18-3/h4-8,11H,1-3H3,(H,14,15)(H,16,17)/t11-/m1/s1. The molecule has 5 heteroatoms. The van der Waals surface area contributed by atoms with Crippen LogP contribution in [0.1, 0.15) is 24.2 Å². The third-order valence-corrected chi connectivity index (χ3v) is 2.55. The lowest BCUT2D eigenvalue weighted by Crippen LogP contribution is -2.44. The summed E-state index contributed by atoms with van der Waals surface area (Å²) in [5.41, 5.74) is 0.376. The van der Waals surface area contributed by atoms with Crippen molar-refractivity contribution >= 4 is 11.9 Å². The molecule has 1 atom stereocenters. The number of hydrogen-bond acceptors (Lipinski definition) is 3. The number of methoxy groups -OCH3 is 1. The van der Waals surface area contributed by atoms with Crippen molar-refractivity contribution in [2.45, 2.75) is 19.9 Å². The van der Waals surface area contributed by atoms with E-state index in [4.69, 9.17) is 9.84 Å². The maximum Gasteiger partial charge on any atom is 0.326 e. The monoisotopic (exact) mass is 251 g/mol. The van der Waals surface area contributed by atoms with Gasteiger partial charge in [-0.2, -0.15) is 0 Å². The molecule has 1 rings (SSSR count). The summed E-state index contributed by atoms with van der Waals surface area (Å²) in [5, 5.41) is 11.5. The molecule has 18 heavy (non-hydrogen) atoms. The second-order valence-corrected chi connectivity index (χ2v) is 4.27. The van der Waals surface area contributed by atoms with Gasteiger partial charge in [0.1, 0.15) is 11.8 Å². The van der Waals surface area contributed by atoms with Gasteiger partial charge in [-0.1, -0.05) is 19.9 Å². The van der Waals surface area contributed by atoms with E-state index in [9.17, 15) is 9.59 Å². The molecule has 98 valence electrons. The number of aliphatic carboxylic acids is 1. The molecule has 0 fully saturated rings. The van der Waals surface area contributed by atoms with Crippen molar-refractivity contribution in [3.05, 3.63) is 29.8 Å². The van der Waals surface area contributed by atoms with Gasteiger partial charge in [0.05, 0.1) is 7.11 Å². The summed E-state index contributed by atoms with van der Waals surface area (Å²) < 4.78 is 5.01. The Hall–Kier alpha value is -2.04. The van der Waals surface area contributed by atoms with E-state index in [0.29, 0.717) is 11.3 Å². The SMILES string of the molecule is COc1cccc(C(=O)N[C@@H](C(=O)O)C(C)C)c1. The Kier molecular flexibility index (Phi) is 4.71. The number of carbonyl (C=O) groups is 2. The third kappa shape index (κ3) is 3.48. The lowest BCUT2D eigenvalue weighted by molar-refractivity contribution is -0.140. The molecule has 0 aliphatic heterocycles. The van der Waals surface area contributed by atoms with E-state index < -0.39 is 17.9 Å². The smallest absolute Gasteiger partial charge is 0.326 e. The number of benzene rings is 1. The first kappa shape index (κ1) is 14.0. The Morgan fingerprint density at radius 2 is 2.00 bits per heavy atom. The lowest BCUT2D eigenvalue weighted by atomic mass is 10.0. The minimum atomic E-state index is -1.04. The molecular formula is C13H17NO4. The molecule has 5 nitrogen and oxygen atoms in total. The first-order valence-corrected chi connectivity index (χ1v) is 5.63. The Labute approximate surface area is 106 Å². The quantitative estimate of drug-likeness (QED) is 0.832. The van der Waals surface area contributed by atoms with Crippen molar-refractivity contribution in [1.82, 2.24) is 5.32 Å². The Balaban J connectivity index is 2.83. The van der Waals surface area contributed by atoms with E-state index in [-0.39, 0.29) is 5.92 Å². The molecule has 2 N–H and O–H groups in total. The van der Waals surface area contributed by atoms with Crippen LogP contribution < -0.4 is 10.1 Å². The summed E-state index contributed by atoms with van der Waals surface area (Å²) in [6, 6.07) is 5.67. The van der Waals surface area contributed by atoms with Gasteiger partial charge in [-0.05, 0) is 24.1 Å². The van der Waals surface area contributed by atoms with Crippen molar-refractivity contribution in [2.24, 2.45) is 5.92 Å². The number of rotatable bonds is 5. The van der Waals surface area contributed by atoms with Gasteiger partial charge in [0.2, 0.25) is 0 Å². The highest BCUT2D eigenvalue weighted by molar-refractivity contribution is 5.96. The van der Waals surface area contributed by atoms with Gasteiger partial charge in [-0.15, -0.1) is 0 Å². The molecule has 0 aliphatic rings. The lowest BCUT2D eigenvalue weighted by Gasteiger charge is -2.18. The van der Waals surface area contributed by atoms with E-state index in [1.165, 1.54) is 7.11 Å². The van der Waals surface area contributed by atoms with Crippen LogP contribution in [0.25, 0.3) is 0 Å². The Morgan fingerprint density at radius 3 is 2.50 bits per heavy atom. The van der Waals surface area contributed by atoms with Crippen LogP contribution in [-0.2, 0) is 4.79 Å². The van der Waals surface area contributed by atoms with Crippen LogP contribution in [0.5, 0.6) is 5.75 Å². The summed E-state index contributed by atoms with van der Waals surface area (Å²) >= 11 is 0. The van der Waals surface area contributed by atoms with E-state index in [0.717, 1.165) is 0 Å². The zero-order chi connectivity index (χ0) is 13.7. The van der Waals surface area contributed by atoms with E-state index in [1.54, 1.807) is 38.1 Å². The molecule has 0 aromatic heterocycles. The Morgan fingerprint density at radius 1 is 1.33 bits per heavy atom. The number of ether oxygens (including phenoxy) is 1. The van der Waals surface area contributed by atoms with Gasteiger partial charge in [0.15, 0.2) is 0 Å². The first-order chi connectivity index (χ1) is 8.45. The largest absolute Gasteiger partial charge is 0.497 e. The number of carbonyl (C=O) groups excluding carboxylic acids is 1. The minimum Gasteiger partial charge on any atom is -0.497 e. The van der Waals surface area contributed by atoms with E-state index in [2.05, 4.69) is 5.32 Å². The topological polar surface area (TPSA) is 75.6 Å². The highest BCUT2D eigenvalue weighted by Gasteiger charge is 2.23. The van der Waals surface area contributed by atoms with Gasteiger partial charge < -0.3 is 15.2 Å². The maximum absolute atomic E-state index is 11.9. The fraction of sp³-hybridized carbons (Fsp3) is 0.385. The minimum absolute atomic E-state index is 0.183. The molecule has 0 heterocycles. The van der Waals surface area contributed by atoms with Crippen LogP contribution in [0, 0.1) is 5.92 Å². The molecule has 0 saturated heterocycles. The zero-order valence-electron chi connectivity index (χ0n) is 10.6. The highest BCUT2D eigenvalue weighted by atomic mass is 16.5. The van der Waals surface area contributed by atoms with Crippen molar-refractivity contribution in [2.75, 3.05) is 7.11 Å². The molecule has 1 amide bonds. The average Bonchev–Trinajstić information content (AvgIpc) is 2.34. The van der Waals surface area contributed by atoms with Crippen LogP contribution in [0.4, 0.5) is 0 Å². The second kappa shape index (κ2) is 6.05. The molecule has 1 aromatic rings. The van der Waals surface area contributed by atoms with Gasteiger partial charge in [-0.25, -0.2) is 4.79 Å². The summed E-state index contributed by atoms with van der Waals surface area (Å²) in [6.45, 7) is 3.48. The van der Waals surface area contributed by atoms with Crippen LogP contribution in [0.2, 0.25) is 0 Å². The predicted octanol–water partition coefficient (Wildman–Crippen LogP) is 1.53. The van der Waals surface area contributed by atoms with Gasteiger partial charge in [0.25, 0.3) is 5.91 Å². The third-order valence-electron chi connectivity index (χ3n) is 2.55. The van der Waals surface area contributed by atoms with Crippen molar-refractivity contribution < 1.29 is 19.4 Å². The van der Waals surface area contributed by atoms with Gasteiger partial charge >= 0.3 is 5.97 Å². The average molecular weight is 251 g/mol. The summed E-state index contributed by atoms with van der Waals surface area (Å²) in [6.07, 6.45) is 0. The normalized spacial score (nSPS) is 12.0. The second-order valence-electron chi connectivity index (χ2n) is 4.27. The van der Waals surface area contributed by atoms with Crippen molar-refractivity contribution in [3.8, 4) is 5.75 Å². The number of amides is 1. The molecular weight excluding hydrogens is 234 g/mol. The van der Waals surface area contributed by atoms with Crippen molar-refractivity contribution in [1.29, 1.82) is 0 Å². The number of hydrogen-bond donors (Lipinski definition) is 2. The molecule has 0 aliphatic carbocycles. The molecule has 0 bridgehead atoms. The van der Waals surface area contributed by atoms with Crippen LogP contribution in [0.15, 0.2) is 24.3 Å². The predicted molar refractivity (Wildman–Crippen MR) is 66.7 cm³/mol. The Bertz CT molecular complexity index is 442. The van der Waals surface area contributed by atoms with Crippen LogP contribution in [-0.4, -0.2) is 30.1 Å². The van der Waals surface area contributed by atoms with Crippen LogP contribution >= 0.6 is 0 Å². The van der Waals surface area contributed by atoms with Crippen LogP contribution in [0.3, 0.4) is 0 Å². The summed E-state index contributed by atoms with van der Waals surface area (Å²) in [4.78, 5) is 22.9. The fourth-order valence-corrected chi connectivity index (χ4v) is 1.50. The number of carboxylic acid groups (broad SMARTS) is 1. The molecule has 0 spiro atoms. The van der Waals surface area contributed by atoms with E-state index >= 15 is 0 Å². The highest BCUT2D eigenvalue weighted by Crippen LogP contribution is 2.13. The molecule has 0 saturated carbocycles. The van der Waals surface area contributed by atoms with Crippen molar-refractivity contribution in [3.63, 3.8) is 0 Å². The molecule has 0 radical (unpaired) electrons. The van der Waals surface area contributed by atoms with E-state index in [1.807, 2.05) is 0 Å². The summed E-state index contributed by atoms with van der Waals surface area (Å²) in [7, 11) is 1.51. The van der Waals surface area contributed by atoms with Gasteiger partial charge in [0, 0.05) is 5.56 Å². The zero-order valence-corrected chi connectivity index (χ0v) is 10.6. The number of nitrogens with one attached hydrogen (secondary N) is 1.